The number of rotatable bonds is 3. The maximum atomic E-state index is 12.9. The number of carbonyl (C=O) groups is 2. The molecule has 1 N–H and O–H groups in total. The fraction of sp³-hybridized carbons (Fsp3) is 0.200. The van der Waals surface area contributed by atoms with Crippen molar-refractivity contribution in [1.29, 1.82) is 0 Å². The molecule has 0 aliphatic heterocycles. The largest absolute Gasteiger partial charge is 0.467 e. The van der Waals surface area contributed by atoms with Gasteiger partial charge in [-0.3, -0.25) is 4.79 Å². The highest BCUT2D eigenvalue weighted by Crippen LogP contribution is 2.21. The molecule has 0 bridgehead atoms. The Kier molecular flexibility index (Phi) is 3.68. The molecular weight excluding hydrogens is 222 g/mol. The highest BCUT2D eigenvalue weighted by Gasteiger charge is 2.23. The third-order valence-electron chi connectivity index (χ3n) is 1.97. The maximum Gasteiger partial charge on any atom is 0.339 e. The van der Waals surface area contributed by atoms with Crippen LogP contribution in [0.3, 0.4) is 0 Å². The van der Waals surface area contributed by atoms with E-state index in [1.54, 1.807) is 0 Å². The van der Waals surface area contributed by atoms with Crippen LogP contribution in [-0.2, 0) is 9.53 Å². The van der Waals surface area contributed by atoms with Crippen LogP contribution in [0.15, 0.2) is 12.1 Å². The second kappa shape index (κ2) is 4.80. The molecule has 1 aromatic rings. The summed E-state index contributed by atoms with van der Waals surface area (Å²) in [5.74, 6) is -3.56. The minimum absolute atomic E-state index is 0.212. The average Bonchev–Trinajstić information content (AvgIpc) is 2.30. The van der Waals surface area contributed by atoms with Crippen LogP contribution in [0.2, 0.25) is 0 Å². The molecule has 0 radical (unpaired) electrons. The first kappa shape index (κ1) is 12.3. The zero-order chi connectivity index (χ0) is 12.3. The number of hydrogen-bond donors (Lipinski definition) is 1. The summed E-state index contributed by atoms with van der Waals surface area (Å²) in [6.07, 6.45) is -1.61. The number of benzene rings is 1. The molecule has 0 fully saturated rings. The fourth-order valence-corrected chi connectivity index (χ4v) is 1.16. The van der Waals surface area contributed by atoms with Crippen LogP contribution >= 0.6 is 0 Å². The molecule has 6 heteroatoms. The summed E-state index contributed by atoms with van der Waals surface area (Å²) in [4.78, 5) is 21.5. The first-order valence-electron chi connectivity index (χ1n) is 4.21. The van der Waals surface area contributed by atoms with Crippen molar-refractivity contribution in [3.63, 3.8) is 0 Å². The van der Waals surface area contributed by atoms with E-state index in [1.165, 1.54) is 0 Å². The van der Waals surface area contributed by atoms with Crippen LogP contribution in [0.4, 0.5) is 8.78 Å². The monoisotopic (exact) mass is 230 g/mol. The van der Waals surface area contributed by atoms with Gasteiger partial charge in [-0.15, -0.1) is 0 Å². The normalized spacial score (nSPS) is 12.0. The fourth-order valence-electron chi connectivity index (χ4n) is 1.16. The van der Waals surface area contributed by atoms with E-state index < -0.39 is 23.7 Å². The molecule has 16 heavy (non-hydrogen) atoms. The van der Waals surface area contributed by atoms with Gasteiger partial charge < -0.3 is 9.84 Å². The van der Waals surface area contributed by atoms with Crippen LogP contribution in [0, 0.1) is 11.6 Å². The van der Waals surface area contributed by atoms with E-state index in [0.29, 0.717) is 12.1 Å². The van der Waals surface area contributed by atoms with Crippen molar-refractivity contribution >= 4 is 12.3 Å². The zero-order valence-electron chi connectivity index (χ0n) is 8.24. The predicted molar refractivity (Wildman–Crippen MR) is 48.7 cm³/mol. The highest BCUT2D eigenvalue weighted by molar-refractivity contribution is 5.83. The Morgan fingerprint density at radius 1 is 1.44 bits per heavy atom. The van der Waals surface area contributed by atoms with E-state index in [4.69, 9.17) is 0 Å². The highest BCUT2D eigenvalue weighted by atomic mass is 19.2. The van der Waals surface area contributed by atoms with E-state index in [-0.39, 0.29) is 17.4 Å². The van der Waals surface area contributed by atoms with E-state index in [2.05, 4.69) is 4.74 Å². The lowest BCUT2D eigenvalue weighted by molar-refractivity contribution is -0.150. The van der Waals surface area contributed by atoms with Crippen molar-refractivity contribution in [3.05, 3.63) is 34.9 Å². The Labute approximate surface area is 89.5 Å². The molecule has 0 saturated heterocycles. The molecule has 86 valence electrons. The van der Waals surface area contributed by atoms with Gasteiger partial charge in [-0.2, -0.15) is 0 Å². The predicted octanol–water partition coefficient (Wildman–Crippen LogP) is 0.984. The van der Waals surface area contributed by atoms with Gasteiger partial charge in [-0.05, 0) is 12.1 Å². The summed E-state index contributed by atoms with van der Waals surface area (Å²) >= 11 is 0. The van der Waals surface area contributed by atoms with Crippen LogP contribution < -0.4 is 0 Å². The Hall–Kier alpha value is -1.82. The van der Waals surface area contributed by atoms with Crippen molar-refractivity contribution in [3.8, 4) is 0 Å². The van der Waals surface area contributed by atoms with Crippen LogP contribution in [0.1, 0.15) is 22.0 Å². The minimum Gasteiger partial charge on any atom is -0.467 e. The number of aliphatic hydroxyl groups is 1. The SMILES string of the molecule is COC(=O)C(O)c1cc(F)c(F)cc1C=O. The number of aliphatic hydroxyl groups excluding tert-OH is 1. The second-order valence-electron chi connectivity index (χ2n) is 2.94. The van der Waals surface area contributed by atoms with E-state index in [0.717, 1.165) is 7.11 Å². The molecule has 0 saturated carbocycles. The molecule has 0 spiro atoms. The molecule has 0 aliphatic carbocycles. The Morgan fingerprint density at radius 2 is 2.00 bits per heavy atom. The Balaban J connectivity index is 3.26. The Bertz CT molecular complexity index is 431. The summed E-state index contributed by atoms with van der Waals surface area (Å²) in [6, 6.07) is 1.18. The van der Waals surface area contributed by atoms with Crippen LogP contribution in [0.5, 0.6) is 0 Å². The number of methoxy groups -OCH3 is 1. The number of hydrogen-bond acceptors (Lipinski definition) is 4. The molecule has 1 aromatic carbocycles. The zero-order valence-corrected chi connectivity index (χ0v) is 8.24. The molecular formula is C10H8F2O4. The van der Waals surface area contributed by atoms with Crippen molar-refractivity contribution in [1.82, 2.24) is 0 Å². The van der Waals surface area contributed by atoms with Gasteiger partial charge in [0.1, 0.15) is 0 Å². The summed E-state index contributed by atoms with van der Waals surface area (Å²) in [5.41, 5.74) is -0.641. The number of carbonyl (C=O) groups excluding carboxylic acids is 2. The third-order valence-corrected chi connectivity index (χ3v) is 1.97. The van der Waals surface area contributed by atoms with Gasteiger partial charge in [0.15, 0.2) is 24.0 Å². The van der Waals surface area contributed by atoms with E-state index in [1.807, 2.05) is 0 Å². The van der Waals surface area contributed by atoms with Crippen molar-refractivity contribution < 1.29 is 28.2 Å². The van der Waals surface area contributed by atoms with Crippen molar-refractivity contribution in [2.45, 2.75) is 6.10 Å². The Morgan fingerprint density at radius 3 is 2.50 bits per heavy atom. The summed E-state index contributed by atoms with van der Waals surface area (Å²) in [7, 11) is 1.02. The summed E-state index contributed by atoms with van der Waals surface area (Å²) in [5, 5.41) is 9.39. The number of halogens is 2. The maximum absolute atomic E-state index is 12.9. The lowest BCUT2D eigenvalue weighted by Crippen LogP contribution is -2.16. The summed E-state index contributed by atoms with van der Waals surface area (Å²) < 4.78 is 29.8. The van der Waals surface area contributed by atoms with E-state index in [9.17, 15) is 23.5 Å². The van der Waals surface area contributed by atoms with Gasteiger partial charge in [-0.1, -0.05) is 0 Å². The standard InChI is InChI=1S/C10H8F2O4/c1-16-10(15)9(14)6-3-8(12)7(11)2-5(6)4-13/h2-4,9,14H,1H3. The molecule has 0 aromatic heterocycles. The van der Waals surface area contributed by atoms with Gasteiger partial charge >= 0.3 is 5.97 Å². The smallest absolute Gasteiger partial charge is 0.339 e. The number of aldehydes is 1. The van der Waals surface area contributed by atoms with Gasteiger partial charge in [-0.25, -0.2) is 13.6 Å². The quantitative estimate of drug-likeness (QED) is 0.621. The topological polar surface area (TPSA) is 63.6 Å². The van der Waals surface area contributed by atoms with Crippen molar-refractivity contribution in [2.75, 3.05) is 7.11 Å². The third kappa shape index (κ3) is 2.22. The minimum atomic E-state index is -1.82. The first-order chi connectivity index (χ1) is 7.51. The number of esters is 1. The lowest BCUT2D eigenvalue weighted by Gasteiger charge is -2.11. The van der Waals surface area contributed by atoms with Gasteiger partial charge in [0.2, 0.25) is 0 Å². The van der Waals surface area contributed by atoms with Gasteiger partial charge in [0.05, 0.1) is 7.11 Å². The first-order valence-corrected chi connectivity index (χ1v) is 4.21. The molecule has 1 rings (SSSR count). The average molecular weight is 230 g/mol. The molecule has 1 unspecified atom stereocenters. The summed E-state index contributed by atoms with van der Waals surface area (Å²) in [6.45, 7) is 0. The lowest BCUT2D eigenvalue weighted by atomic mass is 10.0. The van der Waals surface area contributed by atoms with Crippen LogP contribution in [-0.4, -0.2) is 24.5 Å². The van der Waals surface area contributed by atoms with Gasteiger partial charge in [0.25, 0.3) is 0 Å². The number of ether oxygens (including phenoxy) is 1. The second-order valence-corrected chi connectivity index (χ2v) is 2.94. The van der Waals surface area contributed by atoms with E-state index >= 15 is 0 Å². The molecule has 0 amide bonds. The molecule has 0 heterocycles. The molecule has 0 aliphatic rings. The molecule has 4 nitrogen and oxygen atoms in total. The van der Waals surface area contributed by atoms with Gasteiger partial charge in [0, 0.05) is 11.1 Å². The van der Waals surface area contributed by atoms with Crippen molar-refractivity contribution in [2.24, 2.45) is 0 Å². The molecule has 1 atom stereocenters. The van der Waals surface area contributed by atoms with Crippen LogP contribution in [0.25, 0.3) is 0 Å².